The van der Waals surface area contributed by atoms with Gasteiger partial charge in [0.05, 0.1) is 13.2 Å². The molecule has 0 saturated carbocycles. The number of hydrogen-bond acceptors (Lipinski definition) is 4. The van der Waals surface area contributed by atoms with Gasteiger partial charge in [0.2, 0.25) is 0 Å². The monoisotopic (exact) mass is 563 g/mol. The summed E-state index contributed by atoms with van der Waals surface area (Å²) in [5, 5.41) is 0. The first kappa shape index (κ1) is 26.8. The lowest BCUT2D eigenvalue weighted by molar-refractivity contribution is 0.0185. The second-order valence-electron chi connectivity index (χ2n) is 10.2. The van der Waals surface area contributed by atoms with Crippen LogP contribution in [0.4, 0.5) is 4.79 Å². The highest BCUT2D eigenvalue weighted by Gasteiger charge is 2.33. The molecule has 5 nitrogen and oxygen atoms in total. The summed E-state index contributed by atoms with van der Waals surface area (Å²) in [6.45, 7) is 8.73. The summed E-state index contributed by atoms with van der Waals surface area (Å²) in [5.74, 6) is 1.33. The first-order chi connectivity index (χ1) is 17.6. The number of halogens is 1. The highest BCUT2D eigenvalue weighted by molar-refractivity contribution is 9.10. The van der Waals surface area contributed by atoms with Crippen LogP contribution in [0.25, 0.3) is 6.08 Å². The molecule has 3 aromatic carbocycles. The molecule has 6 heteroatoms. The quantitative estimate of drug-likeness (QED) is 0.306. The molecule has 0 aromatic heterocycles. The summed E-state index contributed by atoms with van der Waals surface area (Å²) >= 11 is 3.57. The largest absolute Gasteiger partial charge is 0.493 e. The normalized spacial score (nSPS) is 15.4. The summed E-state index contributed by atoms with van der Waals surface area (Å²) in [4.78, 5) is 15.0. The molecule has 0 saturated heterocycles. The molecular weight excluding hydrogens is 530 g/mol. The predicted octanol–water partition coefficient (Wildman–Crippen LogP) is 7.89. The predicted molar refractivity (Wildman–Crippen MR) is 151 cm³/mol. The Bertz CT molecular complexity index is 1280. The van der Waals surface area contributed by atoms with Crippen LogP contribution in [0.3, 0.4) is 0 Å². The van der Waals surface area contributed by atoms with Crippen LogP contribution in [0.5, 0.6) is 11.5 Å². The maximum absolute atomic E-state index is 13.3. The lowest BCUT2D eigenvalue weighted by atomic mass is 9.91. The number of nitrogens with zero attached hydrogens (tertiary/aromatic N) is 1. The summed E-state index contributed by atoms with van der Waals surface area (Å²) in [6, 6.07) is 20.0. The highest BCUT2D eigenvalue weighted by atomic mass is 79.9. The van der Waals surface area contributed by atoms with Crippen molar-refractivity contribution in [1.29, 1.82) is 0 Å². The van der Waals surface area contributed by atoms with E-state index in [-0.39, 0.29) is 12.1 Å². The van der Waals surface area contributed by atoms with Gasteiger partial charge in [0.15, 0.2) is 11.5 Å². The van der Waals surface area contributed by atoms with Crippen LogP contribution in [-0.2, 0) is 17.8 Å². The van der Waals surface area contributed by atoms with Gasteiger partial charge in [-0.25, -0.2) is 4.79 Å². The number of rotatable bonds is 6. The van der Waals surface area contributed by atoms with E-state index in [4.69, 9.17) is 14.2 Å². The fraction of sp³-hybridized carbons (Fsp3) is 0.323. The van der Waals surface area contributed by atoms with Gasteiger partial charge in [-0.2, -0.15) is 0 Å². The molecule has 1 aliphatic heterocycles. The fourth-order valence-corrected chi connectivity index (χ4v) is 4.76. The number of fused-ring (bicyclic) bond motifs is 1. The van der Waals surface area contributed by atoms with Crippen molar-refractivity contribution < 1.29 is 19.0 Å². The molecule has 1 aliphatic rings. The minimum atomic E-state index is -0.584. The number of hydrogen-bond donors (Lipinski definition) is 0. The van der Waals surface area contributed by atoms with Crippen LogP contribution in [-0.4, -0.2) is 30.2 Å². The number of benzene rings is 3. The molecule has 37 heavy (non-hydrogen) atoms. The molecule has 194 valence electrons. The first-order valence-corrected chi connectivity index (χ1v) is 13.3. The Balaban J connectivity index is 1.71. The number of ether oxygens (including phenoxy) is 3. The van der Waals surface area contributed by atoms with Crippen molar-refractivity contribution in [2.24, 2.45) is 0 Å². The molecule has 1 heterocycles. The Hall–Kier alpha value is -3.25. The second kappa shape index (κ2) is 11.4. The van der Waals surface area contributed by atoms with Gasteiger partial charge in [0.1, 0.15) is 12.2 Å². The van der Waals surface area contributed by atoms with Gasteiger partial charge in [-0.1, -0.05) is 64.5 Å². The van der Waals surface area contributed by atoms with Gasteiger partial charge < -0.3 is 14.2 Å². The minimum Gasteiger partial charge on any atom is -0.493 e. The molecule has 0 radical (unpaired) electrons. The zero-order valence-electron chi connectivity index (χ0n) is 22.1. The fourth-order valence-electron chi connectivity index (χ4n) is 4.38. The van der Waals surface area contributed by atoms with Crippen LogP contribution in [0.1, 0.15) is 54.6 Å². The van der Waals surface area contributed by atoms with Crippen molar-refractivity contribution in [2.45, 2.75) is 52.4 Å². The second-order valence-corrected chi connectivity index (χ2v) is 11.1. The lowest BCUT2D eigenvalue weighted by Crippen LogP contribution is -2.42. The van der Waals surface area contributed by atoms with E-state index in [1.165, 1.54) is 0 Å². The van der Waals surface area contributed by atoms with Crippen LogP contribution in [0.15, 0.2) is 71.2 Å². The zero-order chi connectivity index (χ0) is 26.6. The van der Waals surface area contributed by atoms with Crippen molar-refractivity contribution in [1.82, 2.24) is 4.90 Å². The molecule has 0 N–H and O–H groups in total. The average molecular weight is 565 g/mol. The SMILES string of the molecule is COc1cc2c(cc1OCc1ccccc1)CCN(C(=O)OC(C)(C)C)C2/C=C/c1cc(Br)ccc1C. The summed E-state index contributed by atoms with van der Waals surface area (Å²) in [5.41, 5.74) is 4.87. The van der Waals surface area contributed by atoms with E-state index >= 15 is 0 Å². The molecular formula is C31H34BrNO4. The molecule has 0 fully saturated rings. The number of aryl methyl sites for hydroxylation is 1. The minimum absolute atomic E-state index is 0.311. The van der Waals surface area contributed by atoms with Crippen LogP contribution in [0.2, 0.25) is 0 Å². The Kier molecular flexibility index (Phi) is 8.28. The van der Waals surface area contributed by atoms with Crippen LogP contribution < -0.4 is 9.47 Å². The lowest BCUT2D eigenvalue weighted by Gasteiger charge is -2.37. The maximum Gasteiger partial charge on any atom is 0.411 e. The molecule has 0 aliphatic carbocycles. The Morgan fingerprint density at radius 2 is 1.84 bits per heavy atom. The zero-order valence-corrected chi connectivity index (χ0v) is 23.7. The van der Waals surface area contributed by atoms with Gasteiger partial charge in [-0.3, -0.25) is 4.90 Å². The van der Waals surface area contributed by atoms with Crippen LogP contribution >= 0.6 is 15.9 Å². The number of carbonyl (C=O) groups excluding carboxylic acids is 1. The summed E-state index contributed by atoms with van der Waals surface area (Å²) < 4.78 is 18.7. The molecule has 4 rings (SSSR count). The Labute approximate surface area is 228 Å². The highest BCUT2D eigenvalue weighted by Crippen LogP contribution is 2.40. The van der Waals surface area contributed by atoms with E-state index in [2.05, 4.69) is 53.2 Å². The van der Waals surface area contributed by atoms with E-state index in [9.17, 15) is 4.79 Å². The smallest absolute Gasteiger partial charge is 0.411 e. The van der Waals surface area contributed by atoms with Crippen molar-refractivity contribution in [3.8, 4) is 11.5 Å². The standard InChI is InChI=1S/C31H34BrNO4/c1-21-11-13-25(32)17-23(21)12-14-27-26-19-28(35-5)29(36-20-22-9-7-6-8-10-22)18-24(26)15-16-33(27)30(34)37-31(2,3)4/h6-14,17-19,27H,15-16,20H2,1-5H3/b14-12+. The molecule has 0 bridgehead atoms. The number of amides is 1. The third kappa shape index (κ3) is 6.75. The molecule has 0 spiro atoms. The van der Waals surface area contributed by atoms with Gasteiger partial charge in [-0.15, -0.1) is 0 Å². The Morgan fingerprint density at radius 3 is 2.54 bits per heavy atom. The molecule has 1 amide bonds. The van der Waals surface area contributed by atoms with Crippen molar-refractivity contribution in [3.05, 3.63) is 99.0 Å². The summed E-state index contributed by atoms with van der Waals surface area (Å²) in [6.07, 6.45) is 4.51. The van der Waals surface area contributed by atoms with Crippen molar-refractivity contribution in [2.75, 3.05) is 13.7 Å². The Morgan fingerprint density at radius 1 is 1.08 bits per heavy atom. The van der Waals surface area contributed by atoms with E-state index < -0.39 is 5.60 Å². The molecule has 3 aromatic rings. The van der Waals surface area contributed by atoms with Crippen molar-refractivity contribution in [3.63, 3.8) is 0 Å². The third-order valence-corrected chi connectivity index (χ3v) is 6.76. The molecule has 1 atom stereocenters. The maximum atomic E-state index is 13.3. The van der Waals surface area contributed by atoms with Gasteiger partial charge in [-0.05, 0) is 86.2 Å². The number of methoxy groups -OCH3 is 1. The van der Waals surface area contributed by atoms with E-state index in [0.717, 1.165) is 32.3 Å². The topological polar surface area (TPSA) is 48.0 Å². The number of carbonyl (C=O) groups is 1. The van der Waals surface area contributed by atoms with Crippen molar-refractivity contribution >= 4 is 28.1 Å². The van der Waals surface area contributed by atoms with E-state index in [1.807, 2.05) is 63.2 Å². The van der Waals surface area contributed by atoms with Gasteiger partial charge in [0.25, 0.3) is 0 Å². The van der Waals surface area contributed by atoms with Gasteiger partial charge in [0, 0.05) is 11.0 Å². The van der Waals surface area contributed by atoms with Gasteiger partial charge >= 0.3 is 6.09 Å². The van der Waals surface area contributed by atoms with Crippen LogP contribution in [0, 0.1) is 6.92 Å². The summed E-state index contributed by atoms with van der Waals surface area (Å²) in [7, 11) is 1.64. The van der Waals surface area contributed by atoms with E-state index in [1.54, 1.807) is 12.0 Å². The third-order valence-electron chi connectivity index (χ3n) is 6.27. The molecule has 1 unspecified atom stereocenters. The first-order valence-electron chi connectivity index (χ1n) is 12.5. The van der Waals surface area contributed by atoms with E-state index in [0.29, 0.717) is 31.1 Å². The average Bonchev–Trinajstić information content (AvgIpc) is 2.86.